The lowest BCUT2D eigenvalue weighted by molar-refractivity contribution is -0.139. The van der Waals surface area contributed by atoms with Gasteiger partial charge in [-0.2, -0.15) is 26.3 Å². The summed E-state index contributed by atoms with van der Waals surface area (Å²) >= 11 is 0.999. The number of aryl methyl sites for hydroxylation is 1. The van der Waals surface area contributed by atoms with Crippen LogP contribution in [0.2, 0.25) is 0 Å². The monoisotopic (exact) mass is 533 g/mol. The van der Waals surface area contributed by atoms with E-state index in [4.69, 9.17) is 10.5 Å². The molecule has 3 N–H and O–H groups in total. The first-order valence-corrected chi connectivity index (χ1v) is 11.9. The van der Waals surface area contributed by atoms with Crippen molar-refractivity contribution in [2.45, 2.75) is 50.5 Å². The summed E-state index contributed by atoms with van der Waals surface area (Å²) in [6.45, 7) is 1.20. The molecule has 1 aromatic heterocycles. The number of hydrogen-bond donors (Lipinski definition) is 2. The van der Waals surface area contributed by atoms with Gasteiger partial charge in [0.1, 0.15) is 15.8 Å². The van der Waals surface area contributed by atoms with Crippen LogP contribution in [0.15, 0.2) is 42.5 Å². The summed E-state index contributed by atoms with van der Waals surface area (Å²) in [5.41, 5.74) is 4.06. The van der Waals surface area contributed by atoms with Gasteiger partial charge in [0.2, 0.25) is 0 Å². The zero-order valence-corrected chi connectivity index (χ0v) is 20.1. The van der Waals surface area contributed by atoms with E-state index in [0.717, 1.165) is 35.1 Å². The van der Waals surface area contributed by atoms with E-state index in [1.54, 1.807) is 6.92 Å². The average molecular weight is 534 g/mol. The van der Waals surface area contributed by atoms with Crippen LogP contribution >= 0.6 is 11.3 Å². The van der Waals surface area contributed by atoms with Gasteiger partial charge < -0.3 is 15.6 Å². The van der Waals surface area contributed by atoms with Crippen molar-refractivity contribution in [1.29, 1.82) is 0 Å². The number of aromatic nitrogens is 2. The van der Waals surface area contributed by atoms with E-state index in [9.17, 15) is 31.4 Å². The second-order valence-corrected chi connectivity index (χ2v) is 9.53. The first-order chi connectivity index (χ1) is 16.8. The highest BCUT2D eigenvalue weighted by Crippen LogP contribution is 2.40. The van der Waals surface area contributed by atoms with Gasteiger partial charge in [-0.15, -0.1) is 10.2 Å². The lowest BCUT2D eigenvalue weighted by Gasteiger charge is -2.17. The molecule has 1 atom stereocenters. The van der Waals surface area contributed by atoms with Gasteiger partial charge in [0.25, 0.3) is 0 Å². The van der Waals surface area contributed by atoms with Crippen molar-refractivity contribution in [3.63, 3.8) is 0 Å². The Hall–Kier alpha value is -2.70. The SMILES string of the molecule is CC(N)(CO)c1nnc(-c2ccc(OCCCCCc3ccc(C(F)(F)F)cc3)c(C(F)(F)F)c2)s1. The molecule has 1 unspecified atom stereocenters. The fraction of sp³-hybridized carbons (Fsp3) is 0.417. The van der Waals surface area contributed by atoms with Gasteiger partial charge in [-0.3, -0.25) is 0 Å². The van der Waals surface area contributed by atoms with Gasteiger partial charge in [-0.05, 0) is 68.5 Å². The number of ether oxygens (including phenoxy) is 1. The van der Waals surface area contributed by atoms with E-state index in [1.807, 2.05) is 0 Å². The smallest absolute Gasteiger partial charge is 0.419 e. The summed E-state index contributed by atoms with van der Waals surface area (Å²) in [6.07, 6.45) is -6.70. The molecule has 0 saturated carbocycles. The number of nitrogens with two attached hydrogens (primary N) is 1. The van der Waals surface area contributed by atoms with Gasteiger partial charge in [0.15, 0.2) is 0 Å². The molecule has 36 heavy (non-hydrogen) atoms. The normalized spacial score (nSPS) is 14.0. The summed E-state index contributed by atoms with van der Waals surface area (Å²) in [6, 6.07) is 8.54. The predicted octanol–water partition coefficient (Wildman–Crippen LogP) is 6.20. The molecule has 5 nitrogen and oxygen atoms in total. The minimum absolute atomic E-state index is 0.0560. The lowest BCUT2D eigenvalue weighted by atomic mass is 10.1. The summed E-state index contributed by atoms with van der Waals surface area (Å²) < 4.78 is 84.3. The van der Waals surface area contributed by atoms with Crippen LogP contribution in [0.3, 0.4) is 0 Å². The third-order valence-electron chi connectivity index (χ3n) is 5.42. The number of benzene rings is 2. The van der Waals surface area contributed by atoms with E-state index in [-0.39, 0.29) is 22.9 Å². The minimum atomic E-state index is -4.66. The molecule has 0 amide bonds. The Balaban J connectivity index is 1.57. The van der Waals surface area contributed by atoms with Crippen LogP contribution in [0, 0.1) is 0 Å². The molecule has 0 aliphatic carbocycles. The van der Waals surface area contributed by atoms with Crippen molar-refractivity contribution in [3.05, 3.63) is 64.2 Å². The highest BCUT2D eigenvalue weighted by Gasteiger charge is 2.35. The summed E-state index contributed by atoms with van der Waals surface area (Å²) in [5.74, 6) is -0.308. The number of hydrogen-bond acceptors (Lipinski definition) is 6. The Morgan fingerprint density at radius 1 is 0.917 bits per heavy atom. The summed E-state index contributed by atoms with van der Waals surface area (Å²) in [5, 5.41) is 17.7. The molecular weight excluding hydrogens is 508 g/mol. The first-order valence-electron chi connectivity index (χ1n) is 11.1. The number of halogens is 6. The van der Waals surface area contributed by atoms with Gasteiger partial charge >= 0.3 is 12.4 Å². The second kappa shape index (κ2) is 11.1. The Bertz CT molecular complexity index is 1140. The number of alkyl halides is 6. The topological polar surface area (TPSA) is 81.3 Å². The van der Waals surface area contributed by atoms with Gasteiger partial charge in [-0.1, -0.05) is 23.5 Å². The van der Waals surface area contributed by atoms with Crippen LogP contribution < -0.4 is 10.5 Å². The second-order valence-electron chi connectivity index (χ2n) is 8.55. The van der Waals surface area contributed by atoms with Crippen molar-refractivity contribution < 1.29 is 36.2 Å². The van der Waals surface area contributed by atoms with Gasteiger partial charge in [0.05, 0.1) is 29.9 Å². The molecule has 3 rings (SSSR count). The van der Waals surface area contributed by atoms with Crippen LogP contribution in [-0.4, -0.2) is 28.5 Å². The highest BCUT2D eigenvalue weighted by molar-refractivity contribution is 7.14. The molecule has 1 heterocycles. The zero-order chi connectivity index (χ0) is 26.6. The molecule has 0 fully saturated rings. The van der Waals surface area contributed by atoms with Crippen molar-refractivity contribution >= 4 is 11.3 Å². The molecule has 0 saturated heterocycles. The van der Waals surface area contributed by atoms with Crippen LogP contribution in [0.5, 0.6) is 5.75 Å². The van der Waals surface area contributed by atoms with Crippen LogP contribution in [0.25, 0.3) is 10.6 Å². The maximum atomic E-state index is 13.7. The largest absolute Gasteiger partial charge is 0.493 e. The maximum absolute atomic E-state index is 13.7. The van der Waals surface area contributed by atoms with E-state index in [2.05, 4.69) is 10.2 Å². The van der Waals surface area contributed by atoms with Crippen molar-refractivity contribution in [2.24, 2.45) is 5.73 Å². The lowest BCUT2D eigenvalue weighted by Crippen LogP contribution is -2.36. The molecule has 0 radical (unpaired) electrons. The third kappa shape index (κ3) is 7.17. The number of aliphatic hydroxyl groups is 1. The fourth-order valence-electron chi connectivity index (χ4n) is 3.30. The number of aliphatic hydroxyl groups excluding tert-OH is 1. The Morgan fingerprint density at radius 2 is 1.61 bits per heavy atom. The number of rotatable bonds is 10. The maximum Gasteiger partial charge on any atom is 0.419 e. The van der Waals surface area contributed by atoms with Crippen molar-refractivity contribution in [2.75, 3.05) is 13.2 Å². The Labute approximate surface area is 207 Å². The fourth-order valence-corrected chi connectivity index (χ4v) is 4.19. The number of nitrogens with zero attached hydrogens (tertiary/aromatic N) is 2. The Morgan fingerprint density at radius 3 is 2.22 bits per heavy atom. The molecule has 0 aliphatic heterocycles. The molecular formula is C24H25F6N3O2S. The molecule has 0 bridgehead atoms. The van der Waals surface area contributed by atoms with Crippen molar-refractivity contribution in [3.8, 4) is 16.3 Å². The Kier molecular flexibility index (Phi) is 8.63. The van der Waals surface area contributed by atoms with Gasteiger partial charge in [0, 0.05) is 5.56 Å². The standard InChI is InChI=1S/C24H25F6N3O2S/c1-22(31,14-34)21-33-32-20(36-21)16-8-11-19(18(13-16)24(28,29)30)35-12-4-2-3-5-15-6-9-17(10-7-15)23(25,26)27/h6-11,13,34H,2-5,12,14,31H2,1H3. The minimum Gasteiger partial charge on any atom is -0.493 e. The van der Waals surface area contributed by atoms with E-state index in [1.165, 1.54) is 24.3 Å². The zero-order valence-electron chi connectivity index (χ0n) is 19.3. The first kappa shape index (κ1) is 27.9. The summed E-state index contributed by atoms with van der Waals surface area (Å²) in [7, 11) is 0. The van der Waals surface area contributed by atoms with Crippen molar-refractivity contribution in [1.82, 2.24) is 10.2 Å². The van der Waals surface area contributed by atoms with E-state index in [0.29, 0.717) is 30.7 Å². The molecule has 0 spiro atoms. The van der Waals surface area contributed by atoms with Crippen LogP contribution in [0.4, 0.5) is 26.3 Å². The molecule has 0 aliphatic rings. The molecule has 12 heteroatoms. The predicted molar refractivity (Wildman–Crippen MR) is 123 cm³/mol. The number of unbranched alkanes of at least 4 members (excludes halogenated alkanes) is 2. The average Bonchev–Trinajstić information content (AvgIpc) is 3.32. The molecule has 2 aromatic carbocycles. The molecule has 196 valence electrons. The van der Waals surface area contributed by atoms with Crippen LogP contribution in [-0.2, 0) is 24.3 Å². The summed E-state index contributed by atoms with van der Waals surface area (Å²) in [4.78, 5) is 0. The highest BCUT2D eigenvalue weighted by atomic mass is 32.1. The van der Waals surface area contributed by atoms with Gasteiger partial charge in [-0.25, -0.2) is 0 Å². The van der Waals surface area contributed by atoms with Crippen LogP contribution in [0.1, 0.15) is 47.9 Å². The third-order valence-corrected chi connectivity index (χ3v) is 6.67. The van der Waals surface area contributed by atoms with E-state index < -0.39 is 35.6 Å². The quantitative estimate of drug-likeness (QED) is 0.240. The molecule has 3 aromatic rings. The van der Waals surface area contributed by atoms with E-state index >= 15 is 0 Å².